The minimum absolute atomic E-state index is 0.0838. The van der Waals surface area contributed by atoms with Crippen LogP contribution in [-0.2, 0) is 16.1 Å². The van der Waals surface area contributed by atoms with Crippen LogP contribution in [0.25, 0.3) is 0 Å². The number of fused-ring (bicyclic) bond motifs is 1. The van der Waals surface area contributed by atoms with Gasteiger partial charge in [-0.2, -0.15) is 0 Å². The third-order valence-corrected chi connectivity index (χ3v) is 4.91. The number of hydrogen-bond acceptors (Lipinski definition) is 4. The van der Waals surface area contributed by atoms with Crippen molar-refractivity contribution in [3.63, 3.8) is 0 Å². The first-order valence-corrected chi connectivity index (χ1v) is 9.63. The van der Waals surface area contributed by atoms with Crippen molar-refractivity contribution in [2.75, 3.05) is 12.4 Å². The molecule has 0 radical (unpaired) electrons. The van der Waals surface area contributed by atoms with Crippen LogP contribution in [0.4, 0.5) is 5.69 Å². The zero-order valence-corrected chi connectivity index (χ0v) is 17.2. The average Bonchev–Trinajstić information content (AvgIpc) is 2.61. The van der Waals surface area contributed by atoms with Crippen LogP contribution in [0.2, 0.25) is 0 Å². The Balaban J connectivity index is 1.91. The summed E-state index contributed by atoms with van der Waals surface area (Å²) in [6.45, 7) is 10.9. The number of nitrogens with one attached hydrogen (secondary N) is 1. The molecule has 146 valence electrons. The van der Waals surface area contributed by atoms with Gasteiger partial charge < -0.3 is 19.5 Å². The number of aryl methyl sites for hydroxylation is 1. The Kier molecular flexibility index (Phi) is 5.78. The van der Waals surface area contributed by atoms with E-state index in [0.717, 1.165) is 22.6 Å². The molecule has 4 nitrogen and oxygen atoms in total. The molecule has 0 saturated heterocycles. The highest BCUT2D eigenvalue weighted by atomic mass is 16.6. The van der Waals surface area contributed by atoms with Crippen molar-refractivity contribution < 1.29 is 14.2 Å². The largest absolute Gasteiger partial charge is 0.485 e. The molecule has 0 saturated carbocycles. The maximum absolute atomic E-state index is 6.40. The molecule has 0 amide bonds. The molecule has 0 aromatic heterocycles. The molecule has 3 rings (SSSR count). The Morgan fingerprint density at radius 1 is 1.11 bits per heavy atom. The highest BCUT2D eigenvalue weighted by molar-refractivity contribution is 5.53. The lowest BCUT2D eigenvalue weighted by atomic mass is 9.87. The van der Waals surface area contributed by atoms with Gasteiger partial charge in [-0.25, -0.2) is 0 Å². The number of benzene rings is 2. The molecule has 2 atom stereocenters. The van der Waals surface area contributed by atoms with Crippen molar-refractivity contribution >= 4 is 5.69 Å². The summed E-state index contributed by atoms with van der Waals surface area (Å²) >= 11 is 0. The molecular formula is C23H31NO3. The highest BCUT2D eigenvalue weighted by Crippen LogP contribution is 2.45. The molecule has 1 heterocycles. The van der Waals surface area contributed by atoms with Crippen LogP contribution in [0, 0.1) is 6.92 Å². The number of rotatable bonds is 6. The molecule has 4 heteroatoms. The normalized spacial score (nSPS) is 20.9. The smallest absolute Gasteiger partial charge is 0.132 e. The van der Waals surface area contributed by atoms with Gasteiger partial charge in [-0.05, 0) is 58.4 Å². The van der Waals surface area contributed by atoms with Crippen molar-refractivity contribution in [3.05, 3.63) is 59.2 Å². The van der Waals surface area contributed by atoms with Crippen LogP contribution in [-0.4, -0.2) is 24.9 Å². The molecule has 2 aromatic rings. The van der Waals surface area contributed by atoms with Crippen molar-refractivity contribution in [3.8, 4) is 5.75 Å². The molecule has 0 fully saturated rings. The van der Waals surface area contributed by atoms with E-state index in [1.165, 1.54) is 5.56 Å². The first kappa shape index (κ1) is 19.7. The van der Waals surface area contributed by atoms with E-state index >= 15 is 0 Å². The second-order valence-electron chi connectivity index (χ2n) is 8.03. The minimum atomic E-state index is -0.502. The summed E-state index contributed by atoms with van der Waals surface area (Å²) in [7, 11) is 1.92. The maximum atomic E-state index is 6.40. The molecular weight excluding hydrogens is 338 g/mol. The standard InChI is InChI=1S/C23H31NO3/c1-15(2)26-21-19-13-18(24-6)11-12-20(19)27-23(4,5)22(21)25-14-17-9-7-16(3)8-10-17/h7-13,15,21-22,24H,14H2,1-6H3. The molecule has 1 aliphatic heterocycles. The first-order chi connectivity index (χ1) is 12.8. The van der Waals surface area contributed by atoms with E-state index < -0.39 is 5.60 Å². The van der Waals surface area contributed by atoms with Gasteiger partial charge >= 0.3 is 0 Å². The topological polar surface area (TPSA) is 39.7 Å². The second kappa shape index (κ2) is 7.91. The summed E-state index contributed by atoms with van der Waals surface area (Å²) in [5.41, 5.74) is 3.96. The van der Waals surface area contributed by atoms with Gasteiger partial charge in [0.2, 0.25) is 0 Å². The van der Waals surface area contributed by atoms with Crippen molar-refractivity contribution in [1.82, 2.24) is 0 Å². The van der Waals surface area contributed by atoms with Gasteiger partial charge in [-0.3, -0.25) is 0 Å². The van der Waals surface area contributed by atoms with Crippen molar-refractivity contribution in [1.29, 1.82) is 0 Å². The summed E-state index contributed by atoms with van der Waals surface area (Å²) < 4.78 is 19.1. The lowest BCUT2D eigenvalue weighted by molar-refractivity contribution is -0.177. The molecule has 0 spiro atoms. The Morgan fingerprint density at radius 3 is 2.44 bits per heavy atom. The fourth-order valence-electron chi connectivity index (χ4n) is 3.48. The summed E-state index contributed by atoms with van der Waals surface area (Å²) in [6.07, 6.45) is -0.330. The number of hydrogen-bond donors (Lipinski definition) is 1. The van der Waals surface area contributed by atoms with Crippen LogP contribution < -0.4 is 10.1 Å². The maximum Gasteiger partial charge on any atom is 0.132 e. The molecule has 2 unspecified atom stereocenters. The van der Waals surface area contributed by atoms with Gasteiger partial charge in [0.1, 0.15) is 23.6 Å². The predicted molar refractivity (Wildman–Crippen MR) is 109 cm³/mol. The SMILES string of the molecule is CNc1ccc2c(c1)C(OC(C)C)C(OCc1ccc(C)cc1)C(C)(C)O2. The summed E-state index contributed by atoms with van der Waals surface area (Å²) in [5, 5.41) is 3.20. The Bertz CT molecular complexity index is 768. The summed E-state index contributed by atoms with van der Waals surface area (Å²) in [5.74, 6) is 0.861. The molecule has 0 aliphatic carbocycles. The van der Waals surface area contributed by atoms with E-state index in [4.69, 9.17) is 14.2 Å². The monoisotopic (exact) mass is 369 g/mol. The van der Waals surface area contributed by atoms with Crippen LogP contribution in [0.15, 0.2) is 42.5 Å². The van der Waals surface area contributed by atoms with E-state index in [-0.39, 0.29) is 18.3 Å². The third-order valence-electron chi connectivity index (χ3n) is 4.91. The van der Waals surface area contributed by atoms with Crippen LogP contribution >= 0.6 is 0 Å². The second-order valence-corrected chi connectivity index (χ2v) is 8.03. The van der Waals surface area contributed by atoms with E-state index in [1.54, 1.807) is 0 Å². The van der Waals surface area contributed by atoms with Crippen LogP contribution in [0.3, 0.4) is 0 Å². The summed E-state index contributed by atoms with van der Waals surface area (Å²) in [4.78, 5) is 0. The molecule has 1 N–H and O–H groups in total. The summed E-state index contributed by atoms with van der Waals surface area (Å²) in [6, 6.07) is 14.6. The van der Waals surface area contributed by atoms with Crippen molar-refractivity contribution in [2.45, 2.75) is 65.1 Å². The fourth-order valence-corrected chi connectivity index (χ4v) is 3.48. The zero-order chi connectivity index (χ0) is 19.6. The Hall–Kier alpha value is -2.04. The minimum Gasteiger partial charge on any atom is -0.485 e. The number of anilines is 1. The Labute approximate surface area is 162 Å². The zero-order valence-electron chi connectivity index (χ0n) is 17.2. The van der Waals surface area contributed by atoms with Gasteiger partial charge in [0.15, 0.2) is 0 Å². The lowest BCUT2D eigenvalue weighted by Crippen LogP contribution is -2.51. The van der Waals surface area contributed by atoms with E-state index in [0.29, 0.717) is 6.61 Å². The van der Waals surface area contributed by atoms with Gasteiger partial charge in [-0.1, -0.05) is 29.8 Å². The first-order valence-electron chi connectivity index (χ1n) is 9.63. The molecule has 0 bridgehead atoms. The highest BCUT2D eigenvalue weighted by Gasteiger charge is 2.46. The quantitative estimate of drug-likeness (QED) is 0.754. The lowest BCUT2D eigenvalue weighted by Gasteiger charge is -2.45. The van der Waals surface area contributed by atoms with Crippen molar-refractivity contribution in [2.24, 2.45) is 0 Å². The molecule has 2 aromatic carbocycles. The third kappa shape index (κ3) is 4.45. The Morgan fingerprint density at radius 2 is 1.81 bits per heavy atom. The predicted octanol–water partition coefficient (Wildman–Crippen LogP) is 5.26. The van der Waals surface area contributed by atoms with E-state index in [2.05, 4.69) is 70.3 Å². The van der Waals surface area contributed by atoms with Gasteiger partial charge in [0, 0.05) is 18.3 Å². The van der Waals surface area contributed by atoms with E-state index in [9.17, 15) is 0 Å². The van der Waals surface area contributed by atoms with Crippen LogP contribution in [0.1, 0.15) is 50.5 Å². The average molecular weight is 370 g/mol. The number of ether oxygens (including phenoxy) is 3. The van der Waals surface area contributed by atoms with Gasteiger partial charge in [0.05, 0.1) is 12.7 Å². The van der Waals surface area contributed by atoms with E-state index in [1.807, 2.05) is 19.2 Å². The van der Waals surface area contributed by atoms with Crippen LogP contribution in [0.5, 0.6) is 5.75 Å². The molecule has 27 heavy (non-hydrogen) atoms. The van der Waals surface area contributed by atoms with Gasteiger partial charge in [-0.15, -0.1) is 0 Å². The molecule has 1 aliphatic rings. The van der Waals surface area contributed by atoms with Gasteiger partial charge in [0.25, 0.3) is 0 Å². The fraction of sp³-hybridized carbons (Fsp3) is 0.478.